The molecule has 2 rings (SSSR count). The third-order valence-corrected chi connectivity index (χ3v) is 5.32. The summed E-state index contributed by atoms with van der Waals surface area (Å²) >= 11 is 0. The molecular weight excluding hydrogens is 250 g/mol. The standard InChI is InChI=1S/C16H31N3O/c1-2-19-10-6-7-14(19)12-18-15(20)11-16(13-17)8-4-3-5-9-16/h14H,2-13,17H2,1H3,(H,18,20). The van der Waals surface area contributed by atoms with Gasteiger partial charge in [0.2, 0.25) is 5.91 Å². The minimum atomic E-state index is 0.0858. The molecule has 1 saturated heterocycles. The van der Waals surface area contributed by atoms with Gasteiger partial charge in [0.1, 0.15) is 0 Å². The van der Waals surface area contributed by atoms with Crippen molar-refractivity contribution < 1.29 is 4.79 Å². The van der Waals surface area contributed by atoms with E-state index in [1.165, 1.54) is 38.6 Å². The van der Waals surface area contributed by atoms with Crippen molar-refractivity contribution in [1.82, 2.24) is 10.2 Å². The number of likely N-dealkylation sites (N-methyl/N-ethyl adjacent to an activating group) is 1. The van der Waals surface area contributed by atoms with Crippen molar-refractivity contribution in [1.29, 1.82) is 0 Å². The molecule has 2 fully saturated rings. The van der Waals surface area contributed by atoms with Gasteiger partial charge in [-0.1, -0.05) is 26.2 Å². The molecule has 2 aliphatic rings. The summed E-state index contributed by atoms with van der Waals surface area (Å²) in [6.07, 6.45) is 9.13. The minimum Gasteiger partial charge on any atom is -0.355 e. The van der Waals surface area contributed by atoms with Gasteiger partial charge in [0.25, 0.3) is 0 Å². The number of nitrogens with two attached hydrogens (primary N) is 1. The Kier molecular flexibility index (Phi) is 5.85. The second kappa shape index (κ2) is 7.41. The predicted octanol–water partition coefficient (Wildman–Crippen LogP) is 1.89. The molecule has 3 N–H and O–H groups in total. The summed E-state index contributed by atoms with van der Waals surface area (Å²) in [6, 6.07) is 0.545. The van der Waals surface area contributed by atoms with Crippen molar-refractivity contribution in [2.45, 2.75) is 64.3 Å². The Balaban J connectivity index is 1.76. The maximum absolute atomic E-state index is 12.2. The first-order valence-electron chi connectivity index (χ1n) is 8.40. The van der Waals surface area contributed by atoms with Crippen LogP contribution in [0.3, 0.4) is 0 Å². The Hall–Kier alpha value is -0.610. The molecule has 0 spiro atoms. The van der Waals surface area contributed by atoms with Gasteiger partial charge < -0.3 is 11.1 Å². The van der Waals surface area contributed by atoms with Crippen LogP contribution in [0.1, 0.15) is 58.3 Å². The molecule has 0 radical (unpaired) electrons. The van der Waals surface area contributed by atoms with Crippen molar-refractivity contribution in [2.24, 2.45) is 11.1 Å². The molecule has 1 atom stereocenters. The Morgan fingerprint density at radius 1 is 1.30 bits per heavy atom. The topological polar surface area (TPSA) is 58.4 Å². The molecular formula is C16H31N3O. The normalized spacial score (nSPS) is 26.6. The Labute approximate surface area is 123 Å². The van der Waals surface area contributed by atoms with Crippen LogP contribution in [-0.4, -0.2) is 43.0 Å². The Morgan fingerprint density at radius 2 is 2.05 bits per heavy atom. The molecule has 116 valence electrons. The first kappa shape index (κ1) is 15.8. The fourth-order valence-corrected chi connectivity index (χ4v) is 3.93. The highest BCUT2D eigenvalue weighted by atomic mass is 16.1. The third-order valence-electron chi connectivity index (χ3n) is 5.32. The average Bonchev–Trinajstić information content (AvgIpc) is 2.93. The molecule has 1 unspecified atom stereocenters. The SMILES string of the molecule is CCN1CCCC1CNC(=O)CC1(CN)CCCCC1. The Morgan fingerprint density at radius 3 is 2.70 bits per heavy atom. The zero-order valence-electron chi connectivity index (χ0n) is 13.0. The van der Waals surface area contributed by atoms with Crippen LogP contribution < -0.4 is 11.1 Å². The maximum atomic E-state index is 12.2. The summed E-state index contributed by atoms with van der Waals surface area (Å²) in [6.45, 7) is 5.95. The molecule has 0 aromatic rings. The maximum Gasteiger partial charge on any atom is 0.220 e. The van der Waals surface area contributed by atoms with Gasteiger partial charge in [-0.05, 0) is 50.7 Å². The highest BCUT2D eigenvalue weighted by Crippen LogP contribution is 2.38. The van der Waals surface area contributed by atoms with E-state index in [0.29, 0.717) is 19.0 Å². The number of rotatable bonds is 6. The predicted molar refractivity (Wildman–Crippen MR) is 82.5 cm³/mol. The van der Waals surface area contributed by atoms with E-state index in [1.54, 1.807) is 0 Å². The molecule has 0 bridgehead atoms. The number of nitrogens with one attached hydrogen (secondary N) is 1. The van der Waals surface area contributed by atoms with E-state index in [-0.39, 0.29) is 11.3 Å². The molecule has 1 aliphatic heterocycles. The lowest BCUT2D eigenvalue weighted by Gasteiger charge is -2.35. The van der Waals surface area contributed by atoms with Crippen molar-refractivity contribution in [2.75, 3.05) is 26.2 Å². The monoisotopic (exact) mass is 281 g/mol. The van der Waals surface area contributed by atoms with Crippen LogP contribution in [0.15, 0.2) is 0 Å². The molecule has 0 aromatic heterocycles. The number of nitrogens with zero attached hydrogens (tertiary/aromatic N) is 1. The van der Waals surface area contributed by atoms with Gasteiger partial charge in [0.15, 0.2) is 0 Å². The highest BCUT2D eigenvalue weighted by molar-refractivity contribution is 5.76. The van der Waals surface area contributed by atoms with E-state index in [9.17, 15) is 4.79 Å². The second-order valence-corrected chi connectivity index (χ2v) is 6.67. The lowest BCUT2D eigenvalue weighted by Crippen LogP contribution is -2.43. The van der Waals surface area contributed by atoms with Crippen LogP contribution in [0.25, 0.3) is 0 Å². The fraction of sp³-hybridized carbons (Fsp3) is 0.938. The zero-order valence-corrected chi connectivity index (χ0v) is 13.0. The number of hydrogen-bond donors (Lipinski definition) is 2. The van der Waals surface area contributed by atoms with Gasteiger partial charge in [0.05, 0.1) is 0 Å². The van der Waals surface area contributed by atoms with E-state index >= 15 is 0 Å². The number of carbonyl (C=O) groups excluding carboxylic acids is 1. The molecule has 4 heteroatoms. The highest BCUT2D eigenvalue weighted by Gasteiger charge is 2.33. The van der Waals surface area contributed by atoms with E-state index in [2.05, 4.69) is 17.1 Å². The van der Waals surface area contributed by atoms with Gasteiger partial charge in [-0.15, -0.1) is 0 Å². The van der Waals surface area contributed by atoms with Crippen molar-refractivity contribution >= 4 is 5.91 Å². The van der Waals surface area contributed by atoms with Crippen LogP contribution in [0.5, 0.6) is 0 Å². The molecule has 1 saturated carbocycles. The quantitative estimate of drug-likeness (QED) is 0.781. The fourth-order valence-electron chi connectivity index (χ4n) is 3.93. The van der Waals surface area contributed by atoms with E-state index < -0.39 is 0 Å². The van der Waals surface area contributed by atoms with Gasteiger partial charge >= 0.3 is 0 Å². The summed E-state index contributed by atoms with van der Waals surface area (Å²) in [5.74, 6) is 0.209. The number of amides is 1. The zero-order chi connectivity index (χ0) is 14.4. The molecule has 20 heavy (non-hydrogen) atoms. The van der Waals surface area contributed by atoms with Crippen LogP contribution in [-0.2, 0) is 4.79 Å². The molecule has 1 amide bonds. The van der Waals surface area contributed by atoms with Gasteiger partial charge in [0, 0.05) is 19.0 Å². The van der Waals surface area contributed by atoms with E-state index in [4.69, 9.17) is 5.73 Å². The first-order valence-corrected chi connectivity index (χ1v) is 8.40. The lowest BCUT2D eigenvalue weighted by atomic mass is 9.71. The molecule has 1 heterocycles. The molecule has 0 aromatic carbocycles. The van der Waals surface area contributed by atoms with Crippen LogP contribution in [0.4, 0.5) is 0 Å². The number of hydrogen-bond acceptors (Lipinski definition) is 3. The molecule has 4 nitrogen and oxygen atoms in total. The number of likely N-dealkylation sites (tertiary alicyclic amines) is 1. The summed E-state index contributed by atoms with van der Waals surface area (Å²) in [5.41, 5.74) is 6.05. The van der Waals surface area contributed by atoms with Gasteiger partial charge in [-0.2, -0.15) is 0 Å². The minimum absolute atomic E-state index is 0.0858. The van der Waals surface area contributed by atoms with E-state index in [0.717, 1.165) is 25.9 Å². The van der Waals surface area contributed by atoms with Crippen molar-refractivity contribution in [3.8, 4) is 0 Å². The van der Waals surface area contributed by atoms with Crippen LogP contribution >= 0.6 is 0 Å². The lowest BCUT2D eigenvalue weighted by molar-refractivity contribution is -0.124. The van der Waals surface area contributed by atoms with Gasteiger partial charge in [-0.25, -0.2) is 0 Å². The summed E-state index contributed by atoms with van der Waals surface area (Å²) in [7, 11) is 0. The summed E-state index contributed by atoms with van der Waals surface area (Å²) in [4.78, 5) is 14.7. The van der Waals surface area contributed by atoms with Crippen molar-refractivity contribution in [3.05, 3.63) is 0 Å². The Bertz CT molecular complexity index is 313. The smallest absolute Gasteiger partial charge is 0.220 e. The largest absolute Gasteiger partial charge is 0.355 e. The number of carbonyl (C=O) groups is 1. The first-order chi connectivity index (χ1) is 9.69. The van der Waals surface area contributed by atoms with Crippen LogP contribution in [0.2, 0.25) is 0 Å². The van der Waals surface area contributed by atoms with E-state index in [1.807, 2.05) is 0 Å². The molecule has 1 aliphatic carbocycles. The summed E-state index contributed by atoms with van der Waals surface area (Å²) in [5, 5.41) is 3.16. The van der Waals surface area contributed by atoms with Crippen LogP contribution in [0, 0.1) is 5.41 Å². The average molecular weight is 281 g/mol. The third kappa shape index (κ3) is 3.95. The van der Waals surface area contributed by atoms with Crippen molar-refractivity contribution in [3.63, 3.8) is 0 Å². The summed E-state index contributed by atoms with van der Waals surface area (Å²) < 4.78 is 0. The second-order valence-electron chi connectivity index (χ2n) is 6.67. The van der Waals surface area contributed by atoms with Gasteiger partial charge in [-0.3, -0.25) is 9.69 Å².